The van der Waals surface area contributed by atoms with Crippen LogP contribution < -0.4 is 10.6 Å². The van der Waals surface area contributed by atoms with Crippen molar-refractivity contribution in [2.24, 2.45) is 0 Å². The van der Waals surface area contributed by atoms with Gasteiger partial charge in [0.15, 0.2) is 0 Å². The van der Waals surface area contributed by atoms with Crippen molar-refractivity contribution in [2.75, 3.05) is 13.1 Å². The predicted octanol–water partition coefficient (Wildman–Crippen LogP) is -1.32. The molecule has 2 amide bonds. The molecule has 2 fully saturated rings. The number of hydrogen-bond donors (Lipinski definition) is 4. The van der Waals surface area contributed by atoms with Crippen molar-refractivity contribution in [3.63, 3.8) is 0 Å². The molecule has 4 unspecified atom stereocenters. The molecule has 2 aliphatic rings. The Morgan fingerprint density at radius 3 is 2.55 bits per heavy atom. The number of aliphatic hydroxyl groups excluding tert-OH is 1. The minimum absolute atomic E-state index is 0.330. The van der Waals surface area contributed by atoms with Gasteiger partial charge in [-0.3, -0.25) is 9.59 Å². The topological polar surface area (TPSA) is 119 Å². The quantitative estimate of drug-likeness (QED) is 0.500. The number of likely N-dealkylation sites (tertiary alicyclic amines) is 1. The average Bonchev–Trinajstić information content (AvgIpc) is 3.13. The first kappa shape index (κ1) is 16.7. The molecule has 4 N–H and O–H groups in total. The van der Waals surface area contributed by atoms with Gasteiger partial charge in [0.05, 0.1) is 12.1 Å². The van der Waals surface area contributed by atoms with Gasteiger partial charge in [-0.1, -0.05) is 0 Å². The highest BCUT2D eigenvalue weighted by Gasteiger charge is 2.39. The maximum absolute atomic E-state index is 12.5. The maximum Gasteiger partial charge on any atom is 0.326 e. The Bertz CT molecular complexity index is 448. The summed E-state index contributed by atoms with van der Waals surface area (Å²) in [5.74, 6) is -1.92. The van der Waals surface area contributed by atoms with Crippen molar-refractivity contribution in [3.05, 3.63) is 0 Å². The summed E-state index contributed by atoms with van der Waals surface area (Å²) in [4.78, 5) is 37.1. The average molecular weight is 313 g/mol. The molecule has 124 valence electrons. The molecule has 0 bridgehead atoms. The Morgan fingerprint density at radius 2 is 2.00 bits per heavy atom. The number of aliphatic hydroxyl groups is 1. The lowest BCUT2D eigenvalue weighted by Gasteiger charge is -2.29. The number of carboxylic acids is 1. The van der Waals surface area contributed by atoms with Crippen molar-refractivity contribution < 1.29 is 24.6 Å². The Morgan fingerprint density at radius 1 is 1.27 bits per heavy atom. The number of nitrogens with one attached hydrogen (secondary N) is 2. The first-order valence-electron chi connectivity index (χ1n) is 7.67. The van der Waals surface area contributed by atoms with E-state index in [1.165, 1.54) is 11.8 Å². The number of carbonyl (C=O) groups excluding carboxylic acids is 2. The van der Waals surface area contributed by atoms with E-state index in [9.17, 15) is 19.5 Å². The van der Waals surface area contributed by atoms with E-state index in [4.69, 9.17) is 5.11 Å². The van der Waals surface area contributed by atoms with Crippen LogP contribution in [0.25, 0.3) is 0 Å². The summed E-state index contributed by atoms with van der Waals surface area (Å²) >= 11 is 0. The summed E-state index contributed by atoms with van der Waals surface area (Å²) in [6.45, 7) is 2.49. The van der Waals surface area contributed by atoms with Gasteiger partial charge in [0, 0.05) is 6.54 Å². The van der Waals surface area contributed by atoms with Crippen LogP contribution in [0.4, 0.5) is 0 Å². The van der Waals surface area contributed by atoms with Crippen molar-refractivity contribution >= 4 is 17.8 Å². The third-order valence-corrected chi connectivity index (χ3v) is 4.24. The molecular formula is C14H23N3O5. The molecule has 0 aromatic heterocycles. The van der Waals surface area contributed by atoms with Gasteiger partial charge in [0.1, 0.15) is 12.1 Å². The number of carbonyl (C=O) groups is 3. The van der Waals surface area contributed by atoms with Gasteiger partial charge < -0.3 is 25.7 Å². The molecule has 0 aliphatic carbocycles. The number of carboxylic acid groups (broad SMARTS) is 1. The van der Waals surface area contributed by atoms with Crippen molar-refractivity contribution in [1.82, 2.24) is 15.5 Å². The van der Waals surface area contributed by atoms with Crippen LogP contribution in [0.2, 0.25) is 0 Å². The number of hydrogen-bond acceptors (Lipinski definition) is 5. The second kappa shape index (κ2) is 7.06. The van der Waals surface area contributed by atoms with Crippen LogP contribution >= 0.6 is 0 Å². The van der Waals surface area contributed by atoms with Crippen LogP contribution in [0.1, 0.15) is 32.6 Å². The summed E-state index contributed by atoms with van der Waals surface area (Å²) in [5.41, 5.74) is 0. The van der Waals surface area contributed by atoms with Gasteiger partial charge >= 0.3 is 5.97 Å². The standard InChI is InChI=1S/C14H23N3O5/c1-8(18)11(16-12(19)9-4-2-6-15-9)13(20)17-7-3-5-10(17)14(21)22/h8-11,15,18H,2-7H2,1H3,(H,16,19)(H,21,22). The number of amides is 2. The summed E-state index contributed by atoms with van der Waals surface area (Å²) in [6, 6.07) is -2.35. The number of rotatable bonds is 5. The van der Waals surface area contributed by atoms with E-state index in [-0.39, 0.29) is 11.9 Å². The minimum Gasteiger partial charge on any atom is -0.480 e. The predicted molar refractivity (Wildman–Crippen MR) is 77.0 cm³/mol. The molecule has 2 aliphatic heterocycles. The highest BCUT2D eigenvalue weighted by atomic mass is 16.4. The Hall–Kier alpha value is -1.67. The van der Waals surface area contributed by atoms with Crippen LogP contribution in [-0.4, -0.2) is 70.2 Å². The van der Waals surface area contributed by atoms with E-state index < -0.39 is 30.1 Å². The maximum atomic E-state index is 12.5. The molecule has 0 aromatic rings. The molecule has 8 heteroatoms. The number of nitrogens with zero attached hydrogens (tertiary/aromatic N) is 1. The van der Waals surface area contributed by atoms with E-state index in [0.29, 0.717) is 25.8 Å². The minimum atomic E-state index is -1.12. The van der Waals surface area contributed by atoms with E-state index >= 15 is 0 Å². The van der Waals surface area contributed by atoms with Crippen LogP contribution in [0, 0.1) is 0 Å². The lowest BCUT2D eigenvalue weighted by atomic mass is 10.1. The van der Waals surface area contributed by atoms with Gasteiger partial charge in [0.25, 0.3) is 0 Å². The summed E-state index contributed by atoms with van der Waals surface area (Å²) in [6.07, 6.45) is 1.49. The third-order valence-electron chi connectivity index (χ3n) is 4.24. The molecule has 4 atom stereocenters. The lowest BCUT2D eigenvalue weighted by Crippen LogP contribution is -2.58. The lowest BCUT2D eigenvalue weighted by molar-refractivity contribution is -0.150. The van der Waals surface area contributed by atoms with Crippen LogP contribution in [0.15, 0.2) is 0 Å². The molecule has 22 heavy (non-hydrogen) atoms. The fourth-order valence-electron chi connectivity index (χ4n) is 3.02. The highest BCUT2D eigenvalue weighted by molar-refractivity contribution is 5.92. The normalized spacial score (nSPS) is 27.5. The van der Waals surface area contributed by atoms with Crippen molar-refractivity contribution in [1.29, 1.82) is 0 Å². The molecular weight excluding hydrogens is 290 g/mol. The zero-order chi connectivity index (χ0) is 16.3. The fraction of sp³-hybridized carbons (Fsp3) is 0.786. The van der Waals surface area contributed by atoms with E-state index in [0.717, 1.165) is 13.0 Å². The zero-order valence-corrected chi connectivity index (χ0v) is 12.6. The van der Waals surface area contributed by atoms with Gasteiger partial charge in [-0.05, 0) is 39.2 Å². The van der Waals surface area contributed by atoms with Gasteiger partial charge in [-0.2, -0.15) is 0 Å². The van der Waals surface area contributed by atoms with Gasteiger partial charge in [-0.25, -0.2) is 4.79 Å². The number of aliphatic carboxylic acids is 1. The Balaban J connectivity index is 2.05. The SMILES string of the molecule is CC(O)C(NC(=O)C1CCCN1)C(=O)N1CCCC1C(=O)O. The van der Waals surface area contributed by atoms with Crippen LogP contribution in [0.3, 0.4) is 0 Å². The largest absolute Gasteiger partial charge is 0.480 e. The fourth-order valence-corrected chi connectivity index (χ4v) is 3.02. The summed E-state index contributed by atoms with van der Waals surface area (Å²) in [7, 11) is 0. The van der Waals surface area contributed by atoms with Crippen molar-refractivity contribution in [3.8, 4) is 0 Å². The molecule has 0 spiro atoms. The van der Waals surface area contributed by atoms with Crippen LogP contribution in [-0.2, 0) is 14.4 Å². The Labute approximate surface area is 128 Å². The molecule has 0 aromatic carbocycles. The molecule has 2 heterocycles. The monoisotopic (exact) mass is 313 g/mol. The molecule has 0 saturated carbocycles. The Kier molecular flexibility index (Phi) is 5.36. The van der Waals surface area contributed by atoms with E-state index in [1.54, 1.807) is 0 Å². The second-order valence-electron chi connectivity index (χ2n) is 5.90. The first-order valence-corrected chi connectivity index (χ1v) is 7.67. The summed E-state index contributed by atoms with van der Waals surface area (Å²) in [5, 5.41) is 24.6. The molecule has 2 rings (SSSR count). The van der Waals surface area contributed by atoms with Gasteiger partial charge in [-0.15, -0.1) is 0 Å². The molecule has 2 saturated heterocycles. The second-order valence-corrected chi connectivity index (χ2v) is 5.90. The molecule has 8 nitrogen and oxygen atoms in total. The third kappa shape index (κ3) is 3.56. The summed E-state index contributed by atoms with van der Waals surface area (Å²) < 4.78 is 0. The first-order chi connectivity index (χ1) is 10.4. The van der Waals surface area contributed by atoms with Crippen molar-refractivity contribution in [2.45, 2.75) is 56.8 Å². The van der Waals surface area contributed by atoms with Crippen LogP contribution in [0.5, 0.6) is 0 Å². The zero-order valence-electron chi connectivity index (χ0n) is 12.6. The smallest absolute Gasteiger partial charge is 0.326 e. The van der Waals surface area contributed by atoms with E-state index in [2.05, 4.69) is 10.6 Å². The van der Waals surface area contributed by atoms with E-state index in [1.807, 2.05) is 0 Å². The highest BCUT2D eigenvalue weighted by Crippen LogP contribution is 2.19. The molecule has 0 radical (unpaired) electrons. The van der Waals surface area contributed by atoms with Gasteiger partial charge in [0.2, 0.25) is 11.8 Å².